The molecular weight excluding hydrogens is 298 g/mol. The maximum atomic E-state index is 11.8. The summed E-state index contributed by atoms with van der Waals surface area (Å²) in [6.45, 7) is 5.86. The summed E-state index contributed by atoms with van der Waals surface area (Å²) in [5, 5.41) is 0. The SMILES string of the molecule is CCN(CCCCOC(=O)c1ccccc1)CCc1ccccc1. The molecule has 2 aromatic rings. The van der Waals surface area contributed by atoms with Crippen molar-refractivity contribution in [1.82, 2.24) is 4.90 Å². The monoisotopic (exact) mass is 325 g/mol. The van der Waals surface area contributed by atoms with Crippen LogP contribution >= 0.6 is 0 Å². The molecule has 0 aliphatic carbocycles. The van der Waals surface area contributed by atoms with E-state index in [4.69, 9.17) is 4.74 Å². The van der Waals surface area contributed by atoms with E-state index in [0.717, 1.165) is 38.9 Å². The Morgan fingerprint density at radius 1 is 0.917 bits per heavy atom. The lowest BCUT2D eigenvalue weighted by Gasteiger charge is -2.20. The normalized spacial score (nSPS) is 10.8. The molecule has 0 heterocycles. The third-order valence-electron chi connectivity index (χ3n) is 4.12. The Bertz CT molecular complexity index is 583. The average molecular weight is 325 g/mol. The first kappa shape index (κ1) is 18.2. The molecule has 0 saturated carbocycles. The smallest absolute Gasteiger partial charge is 0.338 e. The van der Waals surface area contributed by atoms with Gasteiger partial charge in [-0.25, -0.2) is 4.79 Å². The van der Waals surface area contributed by atoms with Gasteiger partial charge in [0, 0.05) is 6.54 Å². The summed E-state index contributed by atoms with van der Waals surface area (Å²) in [4.78, 5) is 14.3. The summed E-state index contributed by atoms with van der Waals surface area (Å²) in [5.74, 6) is -0.230. The number of rotatable bonds is 10. The Balaban J connectivity index is 1.59. The molecule has 0 unspecified atom stereocenters. The summed E-state index contributed by atoms with van der Waals surface area (Å²) in [6.07, 6.45) is 3.03. The van der Waals surface area contributed by atoms with E-state index in [-0.39, 0.29) is 5.97 Å². The molecule has 0 atom stereocenters. The number of unbranched alkanes of at least 4 members (excludes halogenated alkanes) is 1. The van der Waals surface area contributed by atoms with Crippen molar-refractivity contribution in [2.24, 2.45) is 0 Å². The minimum absolute atomic E-state index is 0.230. The number of hydrogen-bond acceptors (Lipinski definition) is 3. The van der Waals surface area contributed by atoms with Crippen molar-refractivity contribution in [3.05, 3.63) is 71.8 Å². The number of nitrogens with zero attached hydrogens (tertiary/aromatic N) is 1. The third kappa shape index (κ3) is 6.55. The van der Waals surface area contributed by atoms with Gasteiger partial charge < -0.3 is 9.64 Å². The van der Waals surface area contributed by atoms with Crippen LogP contribution in [0.15, 0.2) is 60.7 Å². The predicted octanol–water partition coefficient (Wildman–Crippen LogP) is 4.19. The van der Waals surface area contributed by atoms with E-state index in [1.54, 1.807) is 12.1 Å². The predicted molar refractivity (Wildman–Crippen MR) is 98.2 cm³/mol. The summed E-state index contributed by atoms with van der Waals surface area (Å²) < 4.78 is 5.32. The van der Waals surface area contributed by atoms with Crippen molar-refractivity contribution in [3.63, 3.8) is 0 Å². The minimum Gasteiger partial charge on any atom is -0.462 e. The van der Waals surface area contributed by atoms with Crippen molar-refractivity contribution in [2.45, 2.75) is 26.2 Å². The Labute approximate surface area is 145 Å². The van der Waals surface area contributed by atoms with Crippen LogP contribution in [-0.4, -0.2) is 37.1 Å². The fourth-order valence-electron chi connectivity index (χ4n) is 2.62. The quantitative estimate of drug-likeness (QED) is 0.484. The summed E-state index contributed by atoms with van der Waals surface area (Å²) >= 11 is 0. The Hall–Kier alpha value is -2.13. The second-order valence-electron chi connectivity index (χ2n) is 5.88. The van der Waals surface area contributed by atoms with Crippen LogP contribution in [0.25, 0.3) is 0 Å². The van der Waals surface area contributed by atoms with E-state index >= 15 is 0 Å². The topological polar surface area (TPSA) is 29.5 Å². The molecular formula is C21H27NO2. The second kappa shape index (κ2) is 10.6. The van der Waals surface area contributed by atoms with Crippen LogP contribution in [0.4, 0.5) is 0 Å². The molecule has 0 spiro atoms. The first-order valence-electron chi connectivity index (χ1n) is 8.78. The molecule has 0 N–H and O–H groups in total. The molecule has 0 aliphatic heterocycles. The summed E-state index contributed by atoms with van der Waals surface area (Å²) in [6, 6.07) is 19.7. The van der Waals surface area contributed by atoms with E-state index in [2.05, 4.69) is 42.2 Å². The molecule has 0 amide bonds. The number of benzene rings is 2. The van der Waals surface area contributed by atoms with Crippen LogP contribution < -0.4 is 0 Å². The maximum Gasteiger partial charge on any atom is 0.338 e. The molecule has 0 fully saturated rings. The lowest BCUT2D eigenvalue weighted by molar-refractivity contribution is 0.0495. The van der Waals surface area contributed by atoms with Crippen molar-refractivity contribution < 1.29 is 9.53 Å². The van der Waals surface area contributed by atoms with Gasteiger partial charge in [-0.3, -0.25) is 0 Å². The van der Waals surface area contributed by atoms with Crippen LogP contribution in [0.3, 0.4) is 0 Å². The van der Waals surface area contributed by atoms with E-state index in [0.29, 0.717) is 12.2 Å². The van der Waals surface area contributed by atoms with Crippen molar-refractivity contribution in [3.8, 4) is 0 Å². The zero-order valence-electron chi connectivity index (χ0n) is 14.5. The van der Waals surface area contributed by atoms with Crippen LogP contribution in [-0.2, 0) is 11.2 Å². The zero-order valence-corrected chi connectivity index (χ0v) is 14.5. The highest BCUT2D eigenvalue weighted by Gasteiger charge is 2.06. The van der Waals surface area contributed by atoms with Crippen LogP contribution in [0.1, 0.15) is 35.7 Å². The minimum atomic E-state index is -0.230. The van der Waals surface area contributed by atoms with Crippen LogP contribution in [0.2, 0.25) is 0 Å². The molecule has 0 saturated heterocycles. The first-order chi connectivity index (χ1) is 11.8. The average Bonchev–Trinajstić information content (AvgIpc) is 2.65. The number of ether oxygens (including phenoxy) is 1. The van der Waals surface area contributed by atoms with E-state index < -0.39 is 0 Å². The number of hydrogen-bond donors (Lipinski definition) is 0. The lowest BCUT2D eigenvalue weighted by Crippen LogP contribution is -2.27. The van der Waals surface area contributed by atoms with E-state index in [9.17, 15) is 4.79 Å². The van der Waals surface area contributed by atoms with E-state index in [1.165, 1.54) is 5.56 Å². The lowest BCUT2D eigenvalue weighted by atomic mass is 10.1. The molecule has 0 aliphatic rings. The van der Waals surface area contributed by atoms with Crippen molar-refractivity contribution in [1.29, 1.82) is 0 Å². The molecule has 0 bridgehead atoms. The summed E-state index contributed by atoms with van der Waals surface area (Å²) in [7, 11) is 0. The second-order valence-corrected chi connectivity index (χ2v) is 5.88. The highest BCUT2D eigenvalue weighted by atomic mass is 16.5. The number of esters is 1. The Kier molecular flexibility index (Phi) is 8.05. The van der Waals surface area contributed by atoms with Gasteiger partial charge in [-0.15, -0.1) is 0 Å². The van der Waals surface area contributed by atoms with Gasteiger partial charge in [-0.1, -0.05) is 55.5 Å². The van der Waals surface area contributed by atoms with Gasteiger partial charge in [0.15, 0.2) is 0 Å². The largest absolute Gasteiger partial charge is 0.462 e. The first-order valence-corrected chi connectivity index (χ1v) is 8.78. The third-order valence-corrected chi connectivity index (χ3v) is 4.12. The molecule has 0 radical (unpaired) electrons. The van der Waals surface area contributed by atoms with Crippen molar-refractivity contribution >= 4 is 5.97 Å². The number of likely N-dealkylation sites (N-methyl/N-ethyl adjacent to an activating group) is 1. The van der Waals surface area contributed by atoms with Crippen molar-refractivity contribution in [2.75, 3.05) is 26.2 Å². The Morgan fingerprint density at radius 2 is 1.58 bits per heavy atom. The fraction of sp³-hybridized carbons (Fsp3) is 0.381. The summed E-state index contributed by atoms with van der Waals surface area (Å²) in [5.41, 5.74) is 2.00. The van der Waals surface area contributed by atoms with Gasteiger partial charge in [-0.05, 0) is 50.0 Å². The van der Waals surface area contributed by atoms with Crippen LogP contribution in [0, 0.1) is 0 Å². The molecule has 2 rings (SSSR count). The van der Waals surface area contributed by atoms with Gasteiger partial charge in [0.2, 0.25) is 0 Å². The maximum absolute atomic E-state index is 11.8. The highest BCUT2D eigenvalue weighted by Crippen LogP contribution is 2.05. The molecule has 3 heteroatoms. The molecule has 3 nitrogen and oxygen atoms in total. The van der Waals surface area contributed by atoms with Gasteiger partial charge in [0.05, 0.1) is 12.2 Å². The number of carbonyl (C=O) groups excluding carboxylic acids is 1. The van der Waals surface area contributed by atoms with Gasteiger partial charge in [-0.2, -0.15) is 0 Å². The standard InChI is InChI=1S/C21H27NO2/c1-2-22(17-15-19-11-5-3-6-12-19)16-9-10-18-24-21(23)20-13-7-4-8-14-20/h3-8,11-14H,2,9-10,15-18H2,1H3. The van der Waals surface area contributed by atoms with Crippen LogP contribution in [0.5, 0.6) is 0 Å². The molecule has 24 heavy (non-hydrogen) atoms. The highest BCUT2D eigenvalue weighted by molar-refractivity contribution is 5.89. The fourth-order valence-corrected chi connectivity index (χ4v) is 2.62. The van der Waals surface area contributed by atoms with E-state index in [1.807, 2.05) is 18.2 Å². The van der Waals surface area contributed by atoms with Gasteiger partial charge >= 0.3 is 5.97 Å². The van der Waals surface area contributed by atoms with Gasteiger partial charge in [0.1, 0.15) is 0 Å². The number of carbonyl (C=O) groups is 1. The molecule has 128 valence electrons. The molecule has 0 aromatic heterocycles. The van der Waals surface area contributed by atoms with Gasteiger partial charge in [0.25, 0.3) is 0 Å². The Morgan fingerprint density at radius 3 is 2.25 bits per heavy atom. The molecule has 2 aromatic carbocycles. The zero-order chi connectivity index (χ0) is 17.0.